The van der Waals surface area contributed by atoms with Crippen molar-refractivity contribution in [1.29, 1.82) is 0 Å². The molecule has 2 unspecified atom stereocenters. The molecule has 4 aromatic rings. The lowest BCUT2D eigenvalue weighted by molar-refractivity contribution is 0.422. The summed E-state index contributed by atoms with van der Waals surface area (Å²) >= 11 is 0. The quantitative estimate of drug-likeness (QED) is 0.387. The summed E-state index contributed by atoms with van der Waals surface area (Å²) in [5, 5.41) is 2.56. The number of hydrogen-bond acceptors (Lipinski definition) is 2. The first-order valence-electron chi connectivity index (χ1n) is 11.1. The molecule has 0 N–H and O–H groups in total. The van der Waals surface area contributed by atoms with E-state index in [-0.39, 0.29) is 0 Å². The Kier molecular flexibility index (Phi) is 4.11. The zero-order valence-electron chi connectivity index (χ0n) is 16.8. The predicted molar refractivity (Wildman–Crippen MR) is 119 cm³/mol. The Labute approximate surface area is 172 Å². The molecule has 29 heavy (non-hydrogen) atoms. The molecule has 0 saturated heterocycles. The Balaban J connectivity index is 1.38. The third-order valence-corrected chi connectivity index (χ3v) is 7.01. The molecule has 0 spiro atoms. The van der Waals surface area contributed by atoms with Crippen LogP contribution in [0.2, 0.25) is 0 Å². The van der Waals surface area contributed by atoms with E-state index < -0.39 is 0 Å². The number of rotatable bonds is 2. The maximum Gasteiger partial charge on any atom is 0.0705 e. The molecule has 2 heteroatoms. The number of fused-ring (bicyclic) bond motifs is 4. The number of pyridine rings is 2. The highest BCUT2D eigenvalue weighted by Crippen LogP contribution is 2.42. The Morgan fingerprint density at radius 1 is 0.655 bits per heavy atom. The van der Waals surface area contributed by atoms with Gasteiger partial charge in [-0.2, -0.15) is 0 Å². The molecule has 2 nitrogen and oxygen atoms in total. The molecule has 0 amide bonds. The standard InChI is InChI=1S/C27H26N2/c1-3-13-24-18(7-1)15-20-9-5-11-22(26(20)28-24)17-23-12-6-10-21-16-19-8-2-4-14-25(19)29-27(21)23/h1-4,7-8,13-16,22-23H,5-6,9-12,17H2. The van der Waals surface area contributed by atoms with Gasteiger partial charge in [0.15, 0.2) is 0 Å². The molecule has 2 aromatic carbocycles. The summed E-state index contributed by atoms with van der Waals surface area (Å²) in [7, 11) is 0. The van der Waals surface area contributed by atoms with Crippen molar-refractivity contribution in [3.63, 3.8) is 0 Å². The van der Waals surface area contributed by atoms with Crippen LogP contribution in [0, 0.1) is 0 Å². The highest BCUT2D eigenvalue weighted by molar-refractivity contribution is 5.80. The number of benzene rings is 2. The van der Waals surface area contributed by atoms with Crippen molar-refractivity contribution in [2.45, 2.75) is 56.8 Å². The zero-order chi connectivity index (χ0) is 19.2. The highest BCUT2D eigenvalue weighted by Gasteiger charge is 2.29. The first kappa shape index (κ1) is 17.1. The van der Waals surface area contributed by atoms with Crippen molar-refractivity contribution in [3.05, 3.63) is 83.2 Å². The van der Waals surface area contributed by atoms with Crippen molar-refractivity contribution in [2.75, 3.05) is 0 Å². The Hall–Kier alpha value is -2.74. The second-order valence-corrected chi connectivity index (χ2v) is 8.86. The minimum absolute atomic E-state index is 0.563. The average molecular weight is 379 g/mol. The first-order valence-corrected chi connectivity index (χ1v) is 11.1. The normalized spacial score (nSPS) is 21.1. The van der Waals surface area contributed by atoms with Gasteiger partial charge in [0.2, 0.25) is 0 Å². The third-order valence-electron chi connectivity index (χ3n) is 7.01. The molecule has 2 aromatic heterocycles. The fraction of sp³-hybridized carbons (Fsp3) is 0.333. The maximum absolute atomic E-state index is 5.15. The van der Waals surface area contributed by atoms with Crippen molar-refractivity contribution < 1.29 is 0 Å². The molecule has 144 valence electrons. The molecule has 2 heterocycles. The molecular weight excluding hydrogens is 352 g/mol. The van der Waals surface area contributed by atoms with Gasteiger partial charge in [0.05, 0.1) is 11.0 Å². The largest absolute Gasteiger partial charge is 0.252 e. The van der Waals surface area contributed by atoms with Crippen LogP contribution in [0.5, 0.6) is 0 Å². The van der Waals surface area contributed by atoms with Crippen molar-refractivity contribution in [3.8, 4) is 0 Å². The average Bonchev–Trinajstić information content (AvgIpc) is 2.77. The second kappa shape index (κ2) is 6.95. The maximum atomic E-state index is 5.15. The summed E-state index contributed by atoms with van der Waals surface area (Å²) in [5.41, 5.74) is 7.97. The van der Waals surface area contributed by atoms with Crippen LogP contribution in [-0.4, -0.2) is 9.97 Å². The third kappa shape index (κ3) is 3.02. The van der Waals surface area contributed by atoms with Crippen molar-refractivity contribution in [1.82, 2.24) is 9.97 Å². The van der Waals surface area contributed by atoms with Crippen LogP contribution in [-0.2, 0) is 12.8 Å². The van der Waals surface area contributed by atoms with Crippen LogP contribution in [0.15, 0.2) is 60.7 Å². The zero-order valence-corrected chi connectivity index (χ0v) is 16.8. The Bertz CT molecular complexity index is 1110. The number of para-hydroxylation sites is 2. The first-order chi connectivity index (χ1) is 14.3. The van der Waals surface area contributed by atoms with E-state index in [9.17, 15) is 0 Å². The van der Waals surface area contributed by atoms with E-state index in [1.165, 1.54) is 78.2 Å². The highest BCUT2D eigenvalue weighted by atomic mass is 14.7. The molecule has 0 saturated carbocycles. The Morgan fingerprint density at radius 2 is 1.14 bits per heavy atom. The van der Waals surface area contributed by atoms with Gasteiger partial charge in [0.1, 0.15) is 0 Å². The number of aromatic nitrogens is 2. The molecule has 2 aliphatic rings. The molecule has 2 atom stereocenters. The molecule has 6 rings (SSSR count). The van der Waals surface area contributed by atoms with E-state index in [1.54, 1.807) is 0 Å². The lowest BCUT2D eigenvalue weighted by atomic mass is 9.75. The summed E-state index contributed by atoms with van der Waals surface area (Å²) < 4.78 is 0. The van der Waals surface area contributed by atoms with Gasteiger partial charge in [-0.1, -0.05) is 36.4 Å². The van der Waals surface area contributed by atoms with Crippen LogP contribution in [0.4, 0.5) is 0 Å². The van der Waals surface area contributed by atoms with Gasteiger partial charge >= 0.3 is 0 Å². The minimum Gasteiger partial charge on any atom is -0.252 e. The predicted octanol–water partition coefficient (Wildman–Crippen LogP) is 6.71. The smallest absolute Gasteiger partial charge is 0.0705 e. The lowest BCUT2D eigenvalue weighted by Crippen LogP contribution is -2.19. The Morgan fingerprint density at radius 3 is 1.66 bits per heavy atom. The van der Waals surface area contributed by atoms with Gasteiger partial charge in [0.25, 0.3) is 0 Å². The van der Waals surface area contributed by atoms with Crippen LogP contribution in [0.1, 0.15) is 66.5 Å². The van der Waals surface area contributed by atoms with E-state index in [0.29, 0.717) is 11.8 Å². The van der Waals surface area contributed by atoms with Crippen molar-refractivity contribution >= 4 is 21.8 Å². The molecular formula is C27H26N2. The van der Waals surface area contributed by atoms with Crippen LogP contribution in [0.3, 0.4) is 0 Å². The summed E-state index contributed by atoms with van der Waals surface area (Å²) in [6.07, 6.45) is 8.62. The number of hydrogen-bond donors (Lipinski definition) is 0. The van der Waals surface area contributed by atoms with Gasteiger partial charge in [0, 0.05) is 34.0 Å². The van der Waals surface area contributed by atoms with E-state index >= 15 is 0 Å². The number of aryl methyl sites for hydroxylation is 2. The molecule has 0 radical (unpaired) electrons. The van der Waals surface area contributed by atoms with E-state index in [4.69, 9.17) is 9.97 Å². The summed E-state index contributed by atoms with van der Waals surface area (Å²) in [6, 6.07) is 21.9. The van der Waals surface area contributed by atoms with Gasteiger partial charge < -0.3 is 0 Å². The van der Waals surface area contributed by atoms with E-state index in [0.717, 1.165) is 11.0 Å². The summed E-state index contributed by atoms with van der Waals surface area (Å²) in [4.78, 5) is 10.3. The van der Waals surface area contributed by atoms with Gasteiger partial charge in [-0.3, -0.25) is 9.97 Å². The van der Waals surface area contributed by atoms with Gasteiger partial charge in [-0.15, -0.1) is 0 Å². The summed E-state index contributed by atoms with van der Waals surface area (Å²) in [5.74, 6) is 1.13. The monoisotopic (exact) mass is 378 g/mol. The van der Waals surface area contributed by atoms with E-state index in [2.05, 4.69) is 60.7 Å². The van der Waals surface area contributed by atoms with Crippen LogP contribution < -0.4 is 0 Å². The lowest BCUT2D eigenvalue weighted by Gasteiger charge is -2.31. The van der Waals surface area contributed by atoms with Crippen LogP contribution in [0.25, 0.3) is 21.8 Å². The van der Waals surface area contributed by atoms with Gasteiger partial charge in [-0.05, 0) is 80.3 Å². The number of nitrogens with zero attached hydrogens (tertiary/aromatic N) is 2. The molecule has 0 bridgehead atoms. The fourth-order valence-corrected chi connectivity index (χ4v) is 5.61. The minimum atomic E-state index is 0.563. The SMILES string of the molecule is c1ccc2nc3c(cc2c1)CCCC3CC1CCCc2cc3ccccc3nc21. The molecule has 2 aliphatic carbocycles. The topological polar surface area (TPSA) is 25.8 Å². The van der Waals surface area contributed by atoms with Gasteiger partial charge in [-0.25, -0.2) is 0 Å². The fourth-order valence-electron chi connectivity index (χ4n) is 5.61. The molecule has 0 fully saturated rings. The van der Waals surface area contributed by atoms with E-state index in [1.807, 2.05) is 0 Å². The summed E-state index contributed by atoms with van der Waals surface area (Å²) in [6.45, 7) is 0. The second-order valence-electron chi connectivity index (χ2n) is 8.86. The molecule has 0 aliphatic heterocycles. The van der Waals surface area contributed by atoms with Crippen molar-refractivity contribution in [2.24, 2.45) is 0 Å². The van der Waals surface area contributed by atoms with Crippen LogP contribution >= 0.6 is 0 Å².